The third kappa shape index (κ3) is 3.78. The van der Waals surface area contributed by atoms with Crippen molar-refractivity contribution in [2.24, 2.45) is 0 Å². The van der Waals surface area contributed by atoms with Gasteiger partial charge in [0, 0.05) is 17.8 Å². The Balaban J connectivity index is 1.70. The number of aliphatic hydroxyl groups is 1. The summed E-state index contributed by atoms with van der Waals surface area (Å²) in [4.78, 5) is 12.3. The number of hydrogen-bond donors (Lipinski definition) is 2. The van der Waals surface area contributed by atoms with Crippen LogP contribution in [0.2, 0.25) is 0 Å². The van der Waals surface area contributed by atoms with Crippen molar-refractivity contribution >= 4 is 5.91 Å². The molecule has 25 heavy (non-hydrogen) atoms. The van der Waals surface area contributed by atoms with E-state index in [-0.39, 0.29) is 12.5 Å². The summed E-state index contributed by atoms with van der Waals surface area (Å²) in [7, 11) is 0. The molecule has 0 aliphatic rings. The molecular formula is C20H21N3O2. The van der Waals surface area contributed by atoms with Gasteiger partial charge in [-0.15, -0.1) is 0 Å². The quantitative estimate of drug-likeness (QED) is 0.753. The zero-order chi connectivity index (χ0) is 17.8. The lowest BCUT2D eigenvalue weighted by Gasteiger charge is -2.10. The highest BCUT2D eigenvalue weighted by Crippen LogP contribution is 2.14. The first-order chi connectivity index (χ1) is 12.1. The predicted octanol–water partition coefficient (Wildman–Crippen LogP) is 2.91. The lowest BCUT2D eigenvalue weighted by atomic mass is 10.1. The zero-order valence-corrected chi connectivity index (χ0v) is 14.4. The van der Waals surface area contributed by atoms with E-state index in [1.54, 1.807) is 12.1 Å². The summed E-state index contributed by atoms with van der Waals surface area (Å²) in [6.07, 6.45) is 0. The lowest BCUT2D eigenvalue weighted by Crippen LogP contribution is -2.23. The minimum absolute atomic E-state index is 0.0383. The molecule has 0 fully saturated rings. The molecule has 2 N–H and O–H groups in total. The molecule has 1 aromatic heterocycles. The fourth-order valence-corrected chi connectivity index (χ4v) is 2.81. The van der Waals surface area contributed by atoms with E-state index in [0.29, 0.717) is 12.1 Å². The second-order valence-corrected chi connectivity index (χ2v) is 6.00. The Labute approximate surface area is 146 Å². The maximum Gasteiger partial charge on any atom is 0.251 e. The number of amides is 1. The first-order valence-electron chi connectivity index (χ1n) is 8.18. The molecule has 0 aliphatic carbocycles. The molecular weight excluding hydrogens is 314 g/mol. The molecule has 0 aliphatic heterocycles. The summed E-state index contributed by atoms with van der Waals surface area (Å²) in [6, 6.07) is 16.9. The highest BCUT2D eigenvalue weighted by molar-refractivity contribution is 5.94. The molecule has 1 amide bonds. The van der Waals surface area contributed by atoms with Crippen molar-refractivity contribution in [3.05, 3.63) is 82.7 Å². The van der Waals surface area contributed by atoms with Crippen LogP contribution < -0.4 is 5.32 Å². The van der Waals surface area contributed by atoms with Crippen LogP contribution in [0, 0.1) is 13.8 Å². The smallest absolute Gasteiger partial charge is 0.251 e. The molecule has 3 aromatic rings. The molecule has 2 aromatic carbocycles. The Bertz CT molecular complexity index is 882. The van der Waals surface area contributed by atoms with Crippen LogP contribution in [0.15, 0.2) is 54.6 Å². The Morgan fingerprint density at radius 3 is 2.36 bits per heavy atom. The highest BCUT2D eigenvalue weighted by atomic mass is 16.3. The molecule has 0 radical (unpaired) electrons. The average molecular weight is 335 g/mol. The van der Waals surface area contributed by atoms with E-state index in [1.807, 2.05) is 61.0 Å². The molecule has 1 heterocycles. The third-order valence-corrected chi connectivity index (χ3v) is 4.11. The van der Waals surface area contributed by atoms with E-state index in [4.69, 9.17) is 0 Å². The normalized spacial score (nSPS) is 10.7. The molecule has 0 saturated carbocycles. The van der Waals surface area contributed by atoms with Crippen LogP contribution in [0.1, 0.15) is 32.9 Å². The lowest BCUT2D eigenvalue weighted by molar-refractivity contribution is 0.0950. The van der Waals surface area contributed by atoms with E-state index in [1.165, 1.54) is 0 Å². The van der Waals surface area contributed by atoms with Gasteiger partial charge in [0.25, 0.3) is 5.91 Å². The Hall–Kier alpha value is -2.92. The molecule has 5 heteroatoms. The minimum atomic E-state index is -0.146. The molecule has 3 rings (SSSR count). The van der Waals surface area contributed by atoms with Crippen LogP contribution in [0.3, 0.4) is 0 Å². The number of carbonyl (C=O) groups is 1. The van der Waals surface area contributed by atoms with E-state index in [0.717, 1.165) is 28.2 Å². The fourth-order valence-electron chi connectivity index (χ4n) is 2.81. The monoisotopic (exact) mass is 335 g/mol. The molecule has 0 atom stereocenters. The highest BCUT2D eigenvalue weighted by Gasteiger charge is 2.09. The first-order valence-corrected chi connectivity index (χ1v) is 8.18. The largest absolute Gasteiger partial charge is 0.392 e. The fraction of sp³-hybridized carbons (Fsp3) is 0.200. The Kier molecular flexibility index (Phi) is 4.95. The van der Waals surface area contributed by atoms with Gasteiger partial charge >= 0.3 is 0 Å². The number of hydrogen-bond acceptors (Lipinski definition) is 3. The predicted molar refractivity (Wildman–Crippen MR) is 96.6 cm³/mol. The van der Waals surface area contributed by atoms with Gasteiger partial charge in [-0.2, -0.15) is 5.10 Å². The van der Waals surface area contributed by atoms with Crippen molar-refractivity contribution in [3.8, 4) is 5.69 Å². The van der Waals surface area contributed by atoms with Crippen molar-refractivity contribution in [2.45, 2.75) is 27.0 Å². The number of nitrogens with zero attached hydrogens (tertiary/aromatic N) is 2. The van der Waals surface area contributed by atoms with Crippen LogP contribution in [-0.4, -0.2) is 20.8 Å². The first kappa shape index (κ1) is 16.9. The number of aryl methyl sites for hydroxylation is 2. The third-order valence-electron chi connectivity index (χ3n) is 4.11. The van der Waals surface area contributed by atoms with Gasteiger partial charge < -0.3 is 10.4 Å². The van der Waals surface area contributed by atoms with Crippen molar-refractivity contribution < 1.29 is 9.90 Å². The van der Waals surface area contributed by atoms with Gasteiger partial charge in [-0.25, -0.2) is 4.68 Å². The van der Waals surface area contributed by atoms with Crippen molar-refractivity contribution in [1.82, 2.24) is 15.1 Å². The van der Waals surface area contributed by atoms with Gasteiger partial charge in [-0.3, -0.25) is 4.79 Å². The summed E-state index contributed by atoms with van der Waals surface area (Å²) in [5.74, 6) is -0.146. The topological polar surface area (TPSA) is 67.2 Å². The summed E-state index contributed by atoms with van der Waals surface area (Å²) < 4.78 is 1.86. The zero-order valence-electron chi connectivity index (χ0n) is 14.4. The van der Waals surface area contributed by atoms with E-state index in [2.05, 4.69) is 10.4 Å². The van der Waals surface area contributed by atoms with Gasteiger partial charge in [0.1, 0.15) is 0 Å². The standard InChI is InChI=1S/C20H21N3O2/c1-14-11-15(2)23(22-14)19-9-7-16(8-10-19)20(25)21-12-17-5-3-4-6-18(17)13-24/h3-11,24H,12-13H2,1-2H3,(H,21,25). The molecule has 5 nitrogen and oxygen atoms in total. The number of aliphatic hydroxyl groups excluding tert-OH is 1. The molecule has 128 valence electrons. The Morgan fingerprint density at radius 2 is 1.76 bits per heavy atom. The van der Waals surface area contributed by atoms with Gasteiger partial charge in [0.15, 0.2) is 0 Å². The summed E-state index contributed by atoms with van der Waals surface area (Å²) in [6.45, 7) is 4.30. The van der Waals surface area contributed by atoms with Crippen LogP contribution in [0.25, 0.3) is 5.69 Å². The van der Waals surface area contributed by atoms with Crippen LogP contribution >= 0.6 is 0 Å². The number of rotatable bonds is 5. The number of nitrogens with one attached hydrogen (secondary N) is 1. The van der Waals surface area contributed by atoms with E-state index < -0.39 is 0 Å². The molecule has 0 bridgehead atoms. The summed E-state index contributed by atoms with van der Waals surface area (Å²) in [5.41, 5.74) is 5.26. The van der Waals surface area contributed by atoms with Crippen LogP contribution in [0.4, 0.5) is 0 Å². The second kappa shape index (κ2) is 7.32. The summed E-state index contributed by atoms with van der Waals surface area (Å²) in [5, 5.41) is 16.7. The van der Waals surface area contributed by atoms with E-state index >= 15 is 0 Å². The molecule has 0 saturated heterocycles. The number of aromatic nitrogens is 2. The average Bonchev–Trinajstić information content (AvgIpc) is 2.98. The van der Waals surface area contributed by atoms with Crippen LogP contribution in [-0.2, 0) is 13.2 Å². The molecule has 0 spiro atoms. The molecule has 0 unspecified atom stereocenters. The summed E-state index contributed by atoms with van der Waals surface area (Å²) >= 11 is 0. The van der Waals surface area contributed by atoms with E-state index in [9.17, 15) is 9.90 Å². The maximum atomic E-state index is 12.3. The van der Waals surface area contributed by atoms with Gasteiger partial charge in [0.2, 0.25) is 0 Å². The van der Waals surface area contributed by atoms with Crippen molar-refractivity contribution in [3.63, 3.8) is 0 Å². The van der Waals surface area contributed by atoms with Gasteiger partial charge in [-0.05, 0) is 55.3 Å². The maximum absolute atomic E-state index is 12.3. The van der Waals surface area contributed by atoms with Crippen molar-refractivity contribution in [2.75, 3.05) is 0 Å². The number of benzene rings is 2. The Morgan fingerprint density at radius 1 is 1.08 bits per heavy atom. The SMILES string of the molecule is Cc1cc(C)n(-c2ccc(C(=O)NCc3ccccc3CO)cc2)n1. The van der Waals surface area contributed by atoms with Crippen LogP contribution in [0.5, 0.6) is 0 Å². The van der Waals surface area contributed by atoms with Gasteiger partial charge in [0.05, 0.1) is 18.0 Å². The van der Waals surface area contributed by atoms with Gasteiger partial charge in [-0.1, -0.05) is 24.3 Å². The minimum Gasteiger partial charge on any atom is -0.392 e. The van der Waals surface area contributed by atoms with Crippen molar-refractivity contribution in [1.29, 1.82) is 0 Å². The second-order valence-electron chi connectivity index (χ2n) is 6.00. The number of carbonyl (C=O) groups excluding carboxylic acids is 1.